The number of amides is 1. The van der Waals surface area contributed by atoms with Gasteiger partial charge in [-0.05, 0) is 52.2 Å². The number of hydrogen-bond acceptors (Lipinski definition) is 6. The first-order valence-electron chi connectivity index (χ1n) is 10.7. The molecule has 1 aliphatic heterocycles. The Kier molecular flexibility index (Phi) is 9.23. The molecule has 1 fully saturated rings. The van der Waals surface area contributed by atoms with Crippen molar-refractivity contribution >= 4 is 15.9 Å². The quantitative estimate of drug-likeness (QED) is 0.566. The van der Waals surface area contributed by atoms with Gasteiger partial charge in [-0.2, -0.15) is 0 Å². The number of ether oxygens (including phenoxy) is 3. The van der Waals surface area contributed by atoms with E-state index in [2.05, 4.69) is 4.72 Å². The molecule has 0 aromatic heterocycles. The second kappa shape index (κ2) is 11.4. The predicted octanol–water partition coefficient (Wildman–Crippen LogP) is 2.82. The molecule has 1 aromatic rings. The summed E-state index contributed by atoms with van der Waals surface area (Å²) >= 11 is 0. The molecule has 1 heterocycles. The first kappa shape index (κ1) is 24.3. The number of carbonyl (C=O) groups is 1. The average molecular weight is 443 g/mol. The first-order chi connectivity index (χ1) is 14.3. The number of hydrogen-bond donors (Lipinski definition) is 1. The fourth-order valence-electron chi connectivity index (χ4n) is 3.48. The SMILES string of the molecule is CCCS(=O)(=O)NC1CCN(C(=O)c2cc(OCC)c(OCC)c(OCC)c2)CC1. The van der Waals surface area contributed by atoms with E-state index >= 15 is 0 Å². The molecule has 1 amide bonds. The Morgan fingerprint density at radius 2 is 1.53 bits per heavy atom. The first-order valence-corrected chi connectivity index (χ1v) is 12.4. The van der Waals surface area contributed by atoms with E-state index in [0.29, 0.717) is 75.0 Å². The second-order valence-corrected chi connectivity index (χ2v) is 8.98. The minimum atomic E-state index is -3.26. The number of piperidine rings is 1. The summed E-state index contributed by atoms with van der Waals surface area (Å²) in [7, 11) is -3.26. The molecule has 1 aromatic carbocycles. The Labute approximate surface area is 179 Å². The van der Waals surface area contributed by atoms with Gasteiger partial charge in [-0.3, -0.25) is 4.79 Å². The normalized spacial score (nSPS) is 15.1. The van der Waals surface area contributed by atoms with Gasteiger partial charge in [-0.1, -0.05) is 6.92 Å². The lowest BCUT2D eigenvalue weighted by atomic mass is 10.0. The largest absolute Gasteiger partial charge is 0.490 e. The lowest BCUT2D eigenvalue weighted by molar-refractivity contribution is 0.0710. The van der Waals surface area contributed by atoms with Crippen LogP contribution in [0, 0.1) is 0 Å². The zero-order valence-electron chi connectivity index (χ0n) is 18.4. The van der Waals surface area contributed by atoms with Crippen LogP contribution in [0.2, 0.25) is 0 Å². The molecule has 1 saturated heterocycles. The van der Waals surface area contributed by atoms with Crippen LogP contribution in [-0.2, 0) is 10.0 Å². The lowest BCUT2D eigenvalue weighted by Gasteiger charge is -2.32. The number of nitrogens with one attached hydrogen (secondary N) is 1. The summed E-state index contributed by atoms with van der Waals surface area (Å²) in [5.74, 6) is 1.46. The van der Waals surface area contributed by atoms with E-state index in [-0.39, 0.29) is 17.7 Å². The van der Waals surface area contributed by atoms with Crippen molar-refractivity contribution in [2.75, 3.05) is 38.7 Å². The number of benzene rings is 1. The number of nitrogens with zero attached hydrogens (tertiary/aromatic N) is 1. The molecule has 0 atom stereocenters. The molecule has 9 heteroatoms. The summed E-state index contributed by atoms with van der Waals surface area (Å²) in [5, 5.41) is 0. The molecule has 0 unspecified atom stereocenters. The fourth-order valence-corrected chi connectivity index (χ4v) is 4.88. The van der Waals surface area contributed by atoms with Gasteiger partial charge in [-0.25, -0.2) is 13.1 Å². The minimum absolute atomic E-state index is 0.124. The van der Waals surface area contributed by atoms with Crippen LogP contribution >= 0.6 is 0 Å². The van der Waals surface area contributed by atoms with Gasteiger partial charge >= 0.3 is 0 Å². The number of rotatable bonds is 11. The Bertz CT molecular complexity index is 777. The third-order valence-corrected chi connectivity index (χ3v) is 6.40. The van der Waals surface area contributed by atoms with Crippen LogP contribution in [0.3, 0.4) is 0 Å². The molecule has 0 bridgehead atoms. The predicted molar refractivity (Wildman–Crippen MR) is 116 cm³/mol. The Balaban J connectivity index is 2.15. The van der Waals surface area contributed by atoms with E-state index in [1.165, 1.54) is 0 Å². The smallest absolute Gasteiger partial charge is 0.254 e. The summed E-state index contributed by atoms with van der Waals surface area (Å²) in [4.78, 5) is 14.9. The lowest BCUT2D eigenvalue weighted by Crippen LogP contribution is -2.47. The summed E-state index contributed by atoms with van der Waals surface area (Å²) in [6.07, 6.45) is 1.75. The van der Waals surface area contributed by atoms with E-state index in [1.54, 1.807) is 17.0 Å². The molecule has 0 saturated carbocycles. The van der Waals surface area contributed by atoms with E-state index in [9.17, 15) is 13.2 Å². The highest BCUT2D eigenvalue weighted by molar-refractivity contribution is 7.89. The summed E-state index contributed by atoms with van der Waals surface area (Å²) in [6, 6.07) is 3.24. The van der Waals surface area contributed by atoms with Gasteiger partial charge in [0.1, 0.15) is 0 Å². The molecule has 8 nitrogen and oxygen atoms in total. The maximum absolute atomic E-state index is 13.1. The standard InChI is InChI=1S/C21H34N2O6S/c1-5-13-30(25,26)22-17-9-11-23(12-10-17)21(24)16-14-18(27-6-2)20(29-8-4)19(15-16)28-7-3/h14-15,17,22H,5-13H2,1-4H3. The number of carbonyl (C=O) groups excluding carboxylic acids is 1. The summed E-state index contributed by atoms with van der Waals surface area (Å²) in [6.45, 7) is 9.75. The van der Waals surface area contributed by atoms with Gasteiger partial charge < -0.3 is 19.1 Å². The third-order valence-electron chi connectivity index (χ3n) is 4.76. The van der Waals surface area contributed by atoms with Gasteiger partial charge in [0.05, 0.1) is 25.6 Å². The van der Waals surface area contributed by atoms with Crippen molar-refractivity contribution in [2.45, 2.75) is 53.0 Å². The number of likely N-dealkylation sites (tertiary alicyclic amines) is 1. The molecule has 0 radical (unpaired) electrons. The maximum atomic E-state index is 13.1. The zero-order chi connectivity index (χ0) is 22.1. The van der Waals surface area contributed by atoms with Crippen LogP contribution in [0.5, 0.6) is 17.2 Å². The highest BCUT2D eigenvalue weighted by Gasteiger charge is 2.27. The van der Waals surface area contributed by atoms with Gasteiger partial charge in [0.25, 0.3) is 5.91 Å². The van der Waals surface area contributed by atoms with Gasteiger partial charge in [0.15, 0.2) is 11.5 Å². The zero-order valence-corrected chi connectivity index (χ0v) is 19.2. The molecule has 2 rings (SSSR count). The van der Waals surface area contributed by atoms with Crippen molar-refractivity contribution in [1.29, 1.82) is 0 Å². The molecule has 170 valence electrons. The average Bonchev–Trinajstić information content (AvgIpc) is 2.70. The molecular formula is C21H34N2O6S. The molecular weight excluding hydrogens is 408 g/mol. The fraction of sp³-hybridized carbons (Fsp3) is 0.667. The van der Waals surface area contributed by atoms with Gasteiger partial charge in [-0.15, -0.1) is 0 Å². The van der Waals surface area contributed by atoms with Gasteiger partial charge in [0.2, 0.25) is 15.8 Å². The van der Waals surface area contributed by atoms with E-state index < -0.39 is 10.0 Å². The Morgan fingerprint density at radius 3 is 2.00 bits per heavy atom. The van der Waals surface area contributed by atoms with Crippen molar-refractivity contribution < 1.29 is 27.4 Å². The van der Waals surface area contributed by atoms with Crippen molar-refractivity contribution in [3.8, 4) is 17.2 Å². The Hall–Kier alpha value is -2.00. The monoisotopic (exact) mass is 442 g/mol. The number of sulfonamides is 1. The highest BCUT2D eigenvalue weighted by Crippen LogP contribution is 2.39. The molecule has 30 heavy (non-hydrogen) atoms. The van der Waals surface area contributed by atoms with Crippen LogP contribution in [0.25, 0.3) is 0 Å². The molecule has 1 aliphatic rings. The summed E-state index contributed by atoms with van der Waals surface area (Å²) < 4.78 is 43.8. The molecule has 0 aliphatic carbocycles. The Morgan fingerprint density at radius 1 is 1.00 bits per heavy atom. The van der Waals surface area contributed by atoms with Crippen LogP contribution < -0.4 is 18.9 Å². The summed E-state index contributed by atoms with van der Waals surface area (Å²) in [5.41, 5.74) is 0.468. The van der Waals surface area contributed by atoms with Crippen molar-refractivity contribution in [3.63, 3.8) is 0 Å². The van der Waals surface area contributed by atoms with E-state index in [0.717, 1.165) is 0 Å². The molecule has 1 N–H and O–H groups in total. The minimum Gasteiger partial charge on any atom is -0.490 e. The van der Waals surface area contributed by atoms with Crippen molar-refractivity contribution in [1.82, 2.24) is 9.62 Å². The van der Waals surface area contributed by atoms with Crippen LogP contribution in [0.15, 0.2) is 12.1 Å². The molecule has 0 spiro atoms. The van der Waals surface area contributed by atoms with Crippen LogP contribution in [0.4, 0.5) is 0 Å². The highest BCUT2D eigenvalue weighted by atomic mass is 32.2. The second-order valence-electron chi connectivity index (χ2n) is 7.10. The topological polar surface area (TPSA) is 94.2 Å². The third kappa shape index (κ3) is 6.50. The maximum Gasteiger partial charge on any atom is 0.254 e. The van der Waals surface area contributed by atoms with Crippen molar-refractivity contribution in [3.05, 3.63) is 17.7 Å². The van der Waals surface area contributed by atoms with Crippen molar-refractivity contribution in [2.24, 2.45) is 0 Å². The van der Waals surface area contributed by atoms with Crippen LogP contribution in [-0.4, -0.2) is 63.9 Å². The van der Waals surface area contributed by atoms with E-state index in [1.807, 2.05) is 27.7 Å². The van der Waals surface area contributed by atoms with Crippen LogP contribution in [0.1, 0.15) is 57.3 Å². The van der Waals surface area contributed by atoms with Gasteiger partial charge in [0, 0.05) is 24.7 Å². The van der Waals surface area contributed by atoms with E-state index in [4.69, 9.17) is 14.2 Å².